The number of nitrogens with zero attached hydrogens (tertiary/aromatic N) is 2. The van der Waals surface area contributed by atoms with Gasteiger partial charge in [-0.3, -0.25) is 0 Å². The zero-order chi connectivity index (χ0) is 18.4. The van der Waals surface area contributed by atoms with E-state index in [1.54, 1.807) is 0 Å². The maximum atomic E-state index is 6.39. The lowest BCUT2D eigenvalue weighted by Gasteiger charge is -2.38. The predicted octanol–water partition coefficient (Wildman–Crippen LogP) is 6.00. The number of hydrazone groups is 1. The number of fused-ring (bicyclic) bond motifs is 3. The molecule has 4 heteroatoms. The molecule has 0 N–H and O–H groups in total. The monoisotopic (exact) mass is 418 g/mol. The molecule has 0 fully saturated rings. The van der Waals surface area contributed by atoms with Crippen LogP contribution in [0.2, 0.25) is 0 Å². The summed E-state index contributed by atoms with van der Waals surface area (Å²) in [6, 6.07) is 25.4. The molecule has 2 heterocycles. The Morgan fingerprint density at radius 3 is 2.48 bits per heavy atom. The van der Waals surface area contributed by atoms with E-state index in [0.29, 0.717) is 0 Å². The van der Waals surface area contributed by atoms with E-state index in [2.05, 4.69) is 94.6 Å². The molecule has 3 aromatic carbocycles. The molecular weight excluding hydrogens is 400 g/mol. The van der Waals surface area contributed by atoms with Gasteiger partial charge in [-0.05, 0) is 30.7 Å². The highest BCUT2D eigenvalue weighted by Crippen LogP contribution is 2.47. The minimum absolute atomic E-state index is 0.194. The molecule has 2 aliphatic rings. The van der Waals surface area contributed by atoms with Gasteiger partial charge in [0.05, 0.1) is 11.8 Å². The van der Waals surface area contributed by atoms with Gasteiger partial charge in [0.1, 0.15) is 5.75 Å². The van der Waals surface area contributed by atoms with Crippen LogP contribution in [-0.2, 0) is 0 Å². The van der Waals surface area contributed by atoms with Gasteiger partial charge in [-0.2, -0.15) is 5.10 Å². The van der Waals surface area contributed by atoms with Crippen LogP contribution < -0.4 is 4.74 Å². The van der Waals surface area contributed by atoms with E-state index in [4.69, 9.17) is 9.84 Å². The summed E-state index contributed by atoms with van der Waals surface area (Å²) in [5.41, 5.74) is 5.84. The highest BCUT2D eigenvalue weighted by atomic mass is 79.9. The van der Waals surface area contributed by atoms with E-state index in [1.807, 2.05) is 6.07 Å². The lowest BCUT2D eigenvalue weighted by Crippen LogP contribution is -2.33. The fraction of sp³-hybridized carbons (Fsp3) is 0.174. The first-order valence-electron chi connectivity index (χ1n) is 9.13. The van der Waals surface area contributed by atoms with Gasteiger partial charge < -0.3 is 4.74 Å². The Kier molecular flexibility index (Phi) is 4.01. The molecule has 0 amide bonds. The van der Waals surface area contributed by atoms with Crippen molar-refractivity contribution in [2.75, 3.05) is 0 Å². The lowest BCUT2D eigenvalue weighted by molar-refractivity contribution is -0.0190. The summed E-state index contributed by atoms with van der Waals surface area (Å²) in [7, 11) is 0. The minimum atomic E-state index is -0.210. The fourth-order valence-electron chi connectivity index (χ4n) is 3.80. The van der Waals surface area contributed by atoms with Gasteiger partial charge in [-0.25, -0.2) is 5.01 Å². The largest absolute Gasteiger partial charge is 0.464 e. The second kappa shape index (κ2) is 6.54. The average molecular weight is 419 g/mol. The lowest BCUT2D eigenvalue weighted by atomic mass is 9.96. The van der Waals surface area contributed by atoms with Gasteiger partial charge in [0.2, 0.25) is 6.23 Å². The van der Waals surface area contributed by atoms with Crippen molar-refractivity contribution < 1.29 is 4.74 Å². The van der Waals surface area contributed by atoms with Crippen molar-refractivity contribution in [3.8, 4) is 5.75 Å². The number of ether oxygens (including phenoxy) is 1. The Labute approximate surface area is 167 Å². The molecule has 2 atom stereocenters. The van der Waals surface area contributed by atoms with E-state index < -0.39 is 0 Å². The summed E-state index contributed by atoms with van der Waals surface area (Å²) < 4.78 is 7.46. The van der Waals surface area contributed by atoms with Crippen molar-refractivity contribution in [3.63, 3.8) is 0 Å². The summed E-state index contributed by atoms with van der Waals surface area (Å²) in [6.45, 7) is 2.10. The summed E-state index contributed by atoms with van der Waals surface area (Å²) in [5.74, 6) is 0.955. The molecule has 0 spiro atoms. The van der Waals surface area contributed by atoms with Crippen molar-refractivity contribution in [2.24, 2.45) is 5.10 Å². The van der Waals surface area contributed by atoms with Crippen LogP contribution >= 0.6 is 15.9 Å². The molecule has 0 saturated heterocycles. The maximum Gasteiger partial charge on any atom is 0.213 e. The fourth-order valence-corrected chi connectivity index (χ4v) is 4.07. The van der Waals surface area contributed by atoms with E-state index in [1.165, 1.54) is 11.1 Å². The minimum Gasteiger partial charge on any atom is -0.464 e. The van der Waals surface area contributed by atoms with Crippen molar-refractivity contribution >= 4 is 21.6 Å². The number of halogens is 1. The summed E-state index contributed by atoms with van der Waals surface area (Å²) in [6.07, 6.45) is 0.670. The van der Waals surface area contributed by atoms with Gasteiger partial charge in [-0.1, -0.05) is 76.1 Å². The third-order valence-electron chi connectivity index (χ3n) is 5.24. The highest BCUT2D eigenvalue weighted by molar-refractivity contribution is 9.10. The zero-order valence-electron chi connectivity index (χ0n) is 15.0. The Hall–Kier alpha value is -2.59. The Morgan fingerprint density at radius 2 is 1.70 bits per heavy atom. The topological polar surface area (TPSA) is 24.8 Å². The first-order valence-corrected chi connectivity index (χ1v) is 9.92. The first kappa shape index (κ1) is 16.6. The van der Waals surface area contributed by atoms with Crippen LogP contribution in [0.5, 0.6) is 5.75 Å². The Balaban J connectivity index is 1.58. The van der Waals surface area contributed by atoms with Crippen molar-refractivity contribution in [1.29, 1.82) is 0 Å². The van der Waals surface area contributed by atoms with Crippen LogP contribution in [0.3, 0.4) is 0 Å². The number of para-hydroxylation sites is 1. The third-order valence-corrected chi connectivity index (χ3v) is 5.77. The second-order valence-electron chi connectivity index (χ2n) is 7.07. The van der Waals surface area contributed by atoms with Gasteiger partial charge in [0.15, 0.2) is 0 Å². The Bertz CT molecular complexity index is 1010. The van der Waals surface area contributed by atoms with Crippen LogP contribution in [0.25, 0.3) is 0 Å². The quantitative estimate of drug-likeness (QED) is 0.509. The van der Waals surface area contributed by atoms with Crippen LogP contribution in [-0.4, -0.2) is 10.7 Å². The predicted molar refractivity (Wildman–Crippen MR) is 111 cm³/mol. The molecule has 134 valence electrons. The molecule has 0 radical (unpaired) electrons. The molecular formula is C23H19BrN2O. The van der Waals surface area contributed by atoms with Crippen molar-refractivity contribution in [2.45, 2.75) is 25.6 Å². The molecule has 0 saturated carbocycles. The van der Waals surface area contributed by atoms with Crippen LogP contribution in [0.4, 0.5) is 0 Å². The van der Waals surface area contributed by atoms with E-state index in [-0.39, 0.29) is 12.3 Å². The third kappa shape index (κ3) is 2.94. The van der Waals surface area contributed by atoms with Crippen molar-refractivity contribution in [3.05, 3.63) is 99.5 Å². The standard InChI is InChI=1S/C23H19BrN2O/c1-15-6-8-17(9-7-15)23-26-21(19-4-2-3-5-22(19)27-23)14-20(25-26)16-10-12-18(24)13-11-16/h2-13,21,23H,14H2,1H3. The molecule has 3 nitrogen and oxygen atoms in total. The SMILES string of the molecule is Cc1ccc(C2Oc3ccccc3C3CC(c4ccc(Br)cc4)=NN32)cc1. The maximum absolute atomic E-state index is 6.39. The number of hydrogen-bond donors (Lipinski definition) is 0. The van der Waals surface area contributed by atoms with E-state index in [0.717, 1.165) is 33.5 Å². The van der Waals surface area contributed by atoms with E-state index in [9.17, 15) is 0 Å². The summed E-state index contributed by atoms with van der Waals surface area (Å²) in [4.78, 5) is 0. The summed E-state index contributed by atoms with van der Waals surface area (Å²) in [5, 5.41) is 7.13. The summed E-state index contributed by atoms with van der Waals surface area (Å²) >= 11 is 3.51. The molecule has 0 aliphatic carbocycles. The molecule has 27 heavy (non-hydrogen) atoms. The first-order chi connectivity index (χ1) is 13.2. The number of aryl methyl sites for hydroxylation is 1. The molecule has 2 unspecified atom stereocenters. The van der Waals surface area contributed by atoms with Crippen molar-refractivity contribution in [1.82, 2.24) is 5.01 Å². The van der Waals surface area contributed by atoms with Crippen LogP contribution in [0, 0.1) is 6.92 Å². The Morgan fingerprint density at radius 1 is 0.963 bits per heavy atom. The normalized spacial score (nSPS) is 20.5. The zero-order valence-corrected chi connectivity index (χ0v) is 16.6. The molecule has 0 bridgehead atoms. The molecule has 2 aliphatic heterocycles. The number of hydrogen-bond acceptors (Lipinski definition) is 3. The molecule has 5 rings (SSSR count). The smallest absolute Gasteiger partial charge is 0.213 e. The van der Waals surface area contributed by atoms with Gasteiger partial charge in [0.25, 0.3) is 0 Å². The molecule has 0 aromatic heterocycles. The molecule has 3 aromatic rings. The van der Waals surface area contributed by atoms with Crippen LogP contribution in [0.15, 0.2) is 82.4 Å². The number of benzene rings is 3. The van der Waals surface area contributed by atoms with Gasteiger partial charge in [-0.15, -0.1) is 0 Å². The second-order valence-corrected chi connectivity index (χ2v) is 7.99. The average Bonchev–Trinajstić information content (AvgIpc) is 3.14. The van der Waals surface area contributed by atoms with E-state index >= 15 is 0 Å². The van der Waals surface area contributed by atoms with Gasteiger partial charge >= 0.3 is 0 Å². The highest BCUT2D eigenvalue weighted by Gasteiger charge is 2.40. The number of rotatable bonds is 2. The van der Waals surface area contributed by atoms with Crippen LogP contribution in [0.1, 0.15) is 40.9 Å². The van der Waals surface area contributed by atoms with Gasteiger partial charge in [0, 0.05) is 22.0 Å².